The molecule has 0 rings (SSSR count). The summed E-state index contributed by atoms with van der Waals surface area (Å²) < 4.78 is 0. The van der Waals surface area contributed by atoms with E-state index in [1.54, 1.807) is 0 Å². The minimum atomic E-state index is -0.392. The molecule has 0 aromatic rings. The molecule has 0 aromatic carbocycles. The average molecular weight is 147 g/mol. The zero-order chi connectivity index (χ0) is 7.98. The van der Waals surface area contributed by atoms with Crippen LogP contribution in [0.5, 0.6) is 0 Å². The van der Waals surface area contributed by atoms with Crippen LogP contribution in [0.25, 0.3) is 0 Å². The van der Waals surface area contributed by atoms with Crippen LogP contribution >= 0.6 is 0 Å². The van der Waals surface area contributed by atoms with Gasteiger partial charge in [0, 0.05) is 6.54 Å². The Morgan fingerprint density at radius 3 is 2.30 bits per heavy atom. The molecule has 0 saturated heterocycles. The molecule has 0 amide bonds. The van der Waals surface area contributed by atoms with Crippen molar-refractivity contribution < 1.29 is 10.2 Å². The van der Waals surface area contributed by atoms with Crippen LogP contribution in [0.15, 0.2) is 0 Å². The first-order valence-corrected chi connectivity index (χ1v) is 3.79. The monoisotopic (exact) mass is 147 g/mol. The zero-order valence-electron chi connectivity index (χ0n) is 6.75. The summed E-state index contributed by atoms with van der Waals surface area (Å²) >= 11 is 0. The fraction of sp³-hybridized carbons (Fsp3) is 1.00. The quantitative estimate of drug-likeness (QED) is 0.539. The standard InChI is InChI=1S/C7H17NO2/c1-3-7(10)8(4-2)5-6-9/h7,9-10H,3-6H2,1-2H3. The van der Waals surface area contributed by atoms with Crippen LogP contribution in [-0.4, -0.2) is 41.0 Å². The van der Waals surface area contributed by atoms with Gasteiger partial charge in [0.05, 0.1) is 6.61 Å². The number of hydrogen-bond donors (Lipinski definition) is 2. The molecule has 0 aromatic heterocycles. The zero-order valence-corrected chi connectivity index (χ0v) is 6.75. The fourth-order valence-electron chi connectivity index (χ4n) is 0.905. The highest BCUT2D eigenvalue weighted by Crippen LogP contribution is 1.98. The third kappa shape index (κ3) is 3.15. The first-order valence-electron chi connectivity index (χ1n) is 3.79. The van der Waals surface area contributed by atoms with Gasteiger partial charge in [-0.25, -0.2) is 0 Å². The second-order valence-electron chi connectivity index (χ2n) is 2.24. The highest BCUT2D eigenvalue weighted by molar-refractivity contribution is 4.56. The molecule has 0 saturated carbocycles. The Hall–Kier alpha value is -0.120. The van der Waals surface area contributed by atoms with Gasteiger partial charge in [-0.2, -0.15) is 0 Å². The van der Waals surface area contributed by atoms with Crippen LogP contribution < -0.4 is 0 Å². The third-order valence-corrected chi connectivity index (χ3v) is 1.58. The smallest absolute Gasteiger partial charge is 0.107 e. The lowest BCUT2D eigenvalue weighted by Gasteiger charge is -2.24. The van der Waals surface area contributed by atoms with E-state index < -0.39 is 6.23 Å². The van der Waals surface area contributed by atoms with Gasteiger partial charge in [-0.1, -0.05) is 13.8 Å². The molecule has 1 unspecified atom stereocenters. The third-order valence-electron chi connectivity index (χ3n) is 1.58. The molecule has 0 radical (unpaired) electrons. The number of aliphatic hydroxyl groups is 2. The van der Waals surface area contributed by atoms with Gasteiger partial charge < -0.3 is 10.2 Å². The van der Waals surface area contributed by atoms with E-state index in [0.29, 0.717) is 13.0 Å². The molecule has 0 bridgehead atoms. The molecule has 0 aliphatic heterocycles. The average Bonchev–Trinajstić information content (AvgIpc) is 1.99. The van der Waals surface area contributed by atoms with Crippen molar-refractivity contribution >= 4 is 0 Å². The molecule has 62 valence electrons. The molecule has 0 fully saturated rings. The molecular weight excluding hydrogens is 130 g/mol. The van der Waals surface area contributed by atoms with E-state index in [-0.39, 0.29) is 6.61 Å². The van der Waals surface area contributed by atoms with Crippen LogP contribution in [-0.2, 0) is 0 Å². The molecule has 0 aliphatic rings. The summed E-state index contributed by atoms with van der Waals surface area (Å²) in [6.07, 6.45) is 0.325. The lowest BCUT2D eigenvalue weighted by atomic mass is 10.3. The van der Waals surface area contributed by atoms with E-state index >= 15 is 0 Å². The maximum atomic E-state index is 9.26. The van der Waals surface area contributed by atoms with E-state index in [1.165, 1.54) is 0 Å². The summed E-state index contributed by atoms with van der Waals surface area (Å²) in [5.74, 6) is 0. The molecule has 3 nitrogen and oxygen atoms in total. The maximum Gasteiger partial charge on any atom is 0.107 e. The molecule has 0 heterocycles. The molecule has 1 atom stereocenters. The minimum absolute atomic E-state index is 0.116. The van der Waals surface area contributed by atoms with Gasteiger partial charge >= 0.3 is 0 Å². The van der Waals surface area contributed by atoms with Gasteiger partial charge in [0.1, 0.15) is 6.23 Å². The van der Waals surface area contributed by atoms with Gasteiger partial charge in [0.25, 0.3) is 0 Å². The van der Waals surface area contributed by atoms with Gasteiger partial charge in [-0.3, -0.25) is 4.90 Å². The Labute approximate surface area is 62.3 Å². The maximum absolute atomic E-state index is 9.26. The predicted molar refractivity (Wildman–Crippen MR) is 40.6 cm³/mol. The van der Waals surface area contributed by atoms with Crippen molar-refractivity contribution in [1.82, 2.24) is 4.90 Å². The minimum Gasteiger partial charge on any atom is -0.395 e. The Balaban J connectivity index is 3.56. The molecule has 0 spiro atoms. The Bertz CT molecular complexity index is 78.0. The van der Waals surface area contributed by atoms with Crippen LogP contribution in [0, 0.1) is 0 Å². The summed E-state index contributed by atoms with van der Waals surface area (Å²) in [6.45, 7) is 5.35. The number of aliphatic hydroxyl groups excluding tert-OH is 2. The van der Waals surface area contributed by atoms with Gasteiger partial charge in [-0.15, -0.1) is 0 Å². The highest BCUT2D eigenvalue weighted by Gasteiger charge is 2.09. The lowest BCUT2D eigenvalue weighted by Crippen LogP contribution is -2.36. The molecule has 2 N–H and O–H groups in total. The van der Waals surface area contributed by atoms with Crippen molar-refractivity contribution in [2.45, 2.75) is 26.5 Å². The normalized spacial score (nSPS) is 14.1. The summed E-state index contributed by atoms with van der Waals surface area (Å²) in [5, 5.41) is 17.8. The summed E-state index contributed by atoms with van der Waals surface area (Å²) in [5.41, 5.74) is 0. The van der Waals surface area contributed by atoms with Crippen molar-refractivity contribution in [2.75, 3.05) is 19.7 Å². The van der Waals surface area contributed by atoms with Crippen molar-refractivity contribution in [3.05, 3.63) is 0 Å². The van der Waals surface area contributed by atoms with Crippen molar-refractivity contribution in [2.24, 2.45) is 0 Å². The highest BCUT2D eigenvalue weighted by atomic mass is 16.3. The van der Waals surface area contributed by atoms with Crippen LogP contribution in [0.2, 0.25) is 0 Å². The lowest BCUT2D eigenvalue weighted by molar-refractivity contribution is -0.00420. The number of nitrogens with zero attached hydrogens (tertiary/aromatic N) is 1. The number of likely N-dealkylation sites (N-methyl/N-ethyl adjacent to an activating group) is 1. The van der Waals surface area contributed by atoms with E-state index in [4.69, 9.17) is 5.11 Å². The fourth-order valence-corrected chi connectivity index (χ4v) is 0.905. The second-order valence-corrected chi connectivity index (χ2v) is 2.24. The summed E-state index contributed by atoms with van der Waals surface area (Å²) in [7, 11) is 0. The molecular formula is C7H17NO2. The summed E-state index contributed by atoms with van der Waals surface area (Å²) in [4.78, 5) is 1.83. The predicted octanol–water partition coefficient (Wildman–Crippen LogP) is 0.0290. The Morgan fingerprint density at radius 2 is 2.00 bits per heavy atom. The van der Waals surface area contributed by atoms with Crippen molar-refractivity contribution in [3.63, 3.8) is 0 Å². The van der Waals surface area contributed by atoms with Gasteiger partial charge in [-0.05, 0) is 13.0 Å². The SMILES string of the molecule is CCC(O)N(CC)CCO. The summed E-state index contributed by atoms with van der Waals surface area (Å²) in [6, 6.07) is 0. The van der Waals surface area contributed by atoms with E-state index in [9.17, 15) is 5.11 Å². The van der Waals surface area contributed by atoms with E-state index in [1.807, 2.05) is 18.7 Å². The topological polar surface area (TPSA) is 43.7 Å². The largest absolute Gasteiger partial charge is 0.395 e. The Morgan fingerprint density at radius 1 is 1.40 bits per heavy atom. The van der Waals surface area contributed by atoms with Gasteiger partial charge in [0.2, 0.25) is 0 Å². The molecule has 10 heavy (non-hydrogen) atoms. The first kappa shape index (κ1) is 9.88. The van der Waals surface area contributed by atoms with Crippen molar-refractivity contribution in [1.29, 1.82) is 0 Å². The van der Waals surface area contributed by atoms with Crippen LogP contribution in [0.4, 0.5) is 0 Å². The first-order chi connectivity index (χ1) is 4.76. The van der Waals surface area contributed by atoms with Crippen LogP contribution in [0.3, 0.4) is 0 Å². The number of hydrogen-bond acceptors (Lipinski definition) is 3. The molecule has 3 heteroatoms. The van der Waals surface area contributed by atoms with E-state index in [0.717, 1.165) is 6.54 Å². The van der Waals surface area contributed by atoms with Crippen LogP contribution in [0.1, 0.15) is 20.3 Å². The second kappa shape index (κ2) is 5.65. The molecule has 0 aliphatic carbocycles. The van der Waals surface area contributed by atoms with Crippen molar-refractivity contribution in [3.8, 4) is 0 Å². The Kier molecular flexibility index (Phi) is 5.58. The van der Waals surface area contributed by atoms with Gasteiger partial charge in [0.15, 0.2) is 0 Å². The van der Waals surface area contributed by atoms with E-state index in [2.05, 4.69) is 0 Å². The number of rotatable bonds is 5.